The number of hydrogen-bond acceptors (Lipinski definition) is 3. The van der Waals surface area contributed by atoms with Gasteiger partial charge in [-0.05, 0) is 49.2 Å². The largest absolute Gasteiger partial charge is 0.483 e. The first-order valence-corrected chi connectivity index (χ1v) is 6.89. The number of aryl methyl sites for hydroxylation is 1. The minimum absolute atomic E-state index is 0.0879. The molecule has 4 nitrogen and oxygen atoms in total. The molecule has 0 radical (unpaired) electrons. The van der Waals surface area contributed by atoms with E-state index in [1.165, 1.54) is 0 Å². The lowest BCUT2D eigenvalue weighted by atomic mass is 10.1. The van der Waals surface area contributed by atoms with Gasteiger partial charge in [-0.3, -0.25) is 4.79 Å². The molecule has 0 aromatic heterocycles. The Labute approximate surface area is 128 Å². The Kier molecular flexibility index (Phi) is 4.70. The highest BCUT2D eigenvalue weighted by atomic mass is 35.5. The number of nitrogens with one attached hydrogen (secondary N) is 1. The highest BCUT2D eigenvalue weighted by Crippen LogP contribution is 2.24. The number of rotatable bonds is 4. The van der Waals surface area contributed by atoms with E-state index in [9.17, 15) is 4.79 Å². The van der Waals surface area contributed by atoms with Crippen LogP contribution in [0.1, 0.15) is 11.1 Å². The Hall–Kier alpha value is -2.20. The number of hydrogen-bond donors (Lipinski definition) is 2. The van der Waals surface area contributed by atoms with Crippen molar-refractivity contribution in [1.82, 2.24) is 0 Å². The number of carbonyl (C=O) groups is 1. The van der Waals surface area contributed by atoms with Gasteiger partial charge in [0.1, 0.15) is 5.75 Å². The second-order valence-electron chi connectivity index (χ2n) is 4.77. The van der Waals surface area contributed by atoms with Crippen LogP contribution in [0.3, 0.4) is 0 Å². The van der Waals surface area contributed by atoms with Gasteiger partial charge in [0, 0.05) is 5.69 Å². The fourth-order valence-electron chi connectivity index (χ4n) is 1.85. The Morgan fingerprint density at radius 1 is 1.29 bits per heavy atom. The molecule has 0 aliphatic heterocycles. The van der Waals surface area contributed by atoms with Gasteiger partial charge >= 0.3 is 0 Å². The number of nitrogens with two attached hydrogens (primary N) is 1. The summed E-state index contributed by atoms with van der Waals surface area (Å²) in [6.45, 7) is 3.86. The number of anilines is 2. The van der Waals surface area contributed by atoms with Crippen molar-refractivity contribution in [1.29, 1.82) is 0 Å². The summed E-state index contributed by atoms with van der Waals surface area (Å²) in [6, 6.07) is 10.6. The van der Waals surface area contributed by atoms with E-state index in [0.29, 0.717) is 22.1 Å². The lowest BCUT2D eigenvalue weighted by Gasteiger charge is -2.12. The summed E-state index contributed by atoms with van der Waals surface area (Å²) < 4.78 is 5.54. The fourth-order valence-corrected chi connectivity index (χ4v) is 2.01. The molecule has 0 atom stereocenters. The van der Waals surface area contributed by atoms with Crippen LogP contribution in [0, 0.1) is 13.8 Å². The molecule has 0 bridgehead atoms. The smallest absolute Gasteiger partial charge is 0.262 e. The van der Waals surface area contributed by atoms with Gasteiger partial charge in [0.15, 0.2) is 6.61 Å². The van der Waals surface area contributed by atoms with Crippen molar-refractivity contribution in [2.24, 2.45) is 0 Å². The van der Waals surface area contributed by atoms with Crippen molar-refractivity contribution in [3.63, 3.8) is 0 Å². The minimum atomic E-state index is -0.289. The quantitative estimate of drug-likeness (QED) is 0.849. The third kappa shape index (κ3) is 3.89. The van der Waals surface area contributed by atoms with E-state index >= 15 is 0 Å². The molecule has 3 N–H and O–H groups in total. The van der Waals surface area contributed by atoms with E-state index in [-0.39, 0.29) is 12.5 Å². The summed E-state index contributed by atoms with van der Waals surface area (Å²) in [7, 11) is 0. The Balaban J connectivity index is 1.99. The topological polar surface area (TPSA) is 64.3 Å². The molecule has 0 aliphatic carbocycles. The van der Waals surface area contributed by atoms with E-state index in [2.05, 4.69) is 5.32 Å². The molecule has 0 heterocycles. The standard InChI is InChI=1S/C16H17ClN2O2/c1-10-4-3-5-15(11(10)2)21-9-16(20)19-14-8-12(18)6-7-13(14)17/h3-8H,9,18H2,1-2H3,(H,19,20). The zero-order valence-electron chi connectivity index (χ0n) is 11.9. The van der Waals surface area contributed by atoms with E-state index < -0.39 is 0 Å². The van der Waals surface area contributed by atoms with Crippen molar-refractivity contribution in [3.8, 4) is 5.75 Å². The van der Waals surface area contributed by atoms with Crippen LogP contribution in [-0.4, -0.2) is 12.5 Å². The van der Waals surface area contributed by atoms with Crippen molar-refractivity contribution < 1.29 is 9.53 Å². The van der Waals surface area contributed by atoms with Crippen LogP contribution in [0.2, 0.25) is 5.02 Å². The van der Waals surface area contributed by atoms with Gasteiger partial charge in [-0.15, -0.1) is 0 Å². The summed E-state index contributed by atoms with van der Waals surface area (Å²) in [4.78, 5) is 11.9. The van der Waals surface area contributed by atoms with Crippen molar-refractivity contribution in [2.45, 2.75) is 13.8 Å². The highest BCUT2D eigenvalue weighted by Gasteiger charge is 2.08. The van der Waals surface area contributed by atoms with Crippen LogP contribution in [0.25, 0.3) is 0 Å². The Morgan fingerprint density at radius 2 is 2.05 bits per heavy atom. The van der Waals surface area contributed by atoms with Crippen molar-refractivity contribution >= 4 is 28.9 Å². The summed E-state index contributed by atoms with van der Waals surface area (Å²) in [5, 5.41) is 3.11. The van der Waals surface area contributed by atoms with Crippen LogP contribution in [0.5, 0.6) is 5.75 Å². The molecule has 21 heavy (non-hydrogen) atoms. The van der Waals surface area contributed by atoms with E-state index in [1.807, 2.05) is 32.0 Å². The molecule has 0 saturated heterocycles. The van der Waals surface area contributed by atoms with E-state index in [0.717, 1.165) is 11.1 Å². The first kappa shape index (κ1) is 15.2. The van der Waals surface area contributed by atoms with Gasteiger partial charge in [0.05, 0.1) is 10.7 Å². The van der Waals surface area contributed by atoms with Crippen LogP contribution in [0.4, 0.5) is 11.4 Å². The van der Waals surface area contributed by atoms with Gasteiger partial charge in [-0.25, -0.2) is 0 Å². The third-order valence-corrected chi connectivity index (χ3v) is 3.51. The second kappa shape index (κ2) is 6.50. The maximum Gasteiger partial charge on any atom is 0.262 e. The molecule has 2 aromatic carbocycles. The van der Waals surface area contributed by atoms with Gasteiger partial charge < -0.3 is 15.8 Å². The lowest BCUT2D eigenvalue weighted by Crippen LogP contribution is -2.20. The van der Waals surface area contributed by atoms with Gasteiger partial charge in [0.2, 0.25) is 0 Å². The number of benzene rings is 2. The maximum atomic E-state index is 11.9. The molecule has 0 saturated carbocycles. The Morgan fingerprint density at radius 3 is 2.81 bits per heavy atom. The fraction of sp³-hybridized carbons (Fsp3) is 0.188. The highest BCUT2D eigenvalue weighted by molar-refractivity contribution is 6.33. The van der Waals surface area contributed by atoms with Gasteiger partial charge in [-0.2, -0.15) is 0 Å². The second-order valence-corrected chi connectivity index (χ2v) is 5.18. The first-order valence-electron chi connectivity index (χ1n) is 6.51. The number of amides is 1. The minimum Gasteiger partial charge on any atom is -0.483 e. The average molecular weight is 305 g/mol. The number of ether oxygens (including phenoxy) is 1. The Bertz CT molecular complexity index is 671. The molecule has 0 unspecified atom stereocenters. The van der Waals surface area contributed by atoms with Crippen LogP contribution in [0.15, 0.2) is 36.4 Å². The van der Waals surface area contributed by atoms with Crippen LogP contribution >= 0.6 is 11.6 Å². The predicted molar refractivity (Wildman–Crippen MR) is 85.9 cm³/mol. The number of carbonyl (C=O) groups excluding carboxylic acids is 1. The molecule has 0 spiro atoms. The van der Waals surface area contributed by atoms with Gasteiger partial charge in [-0.1, -0.05) is 23.7 Å². The molecule has 2 aromatic rings. The molecule has 2 rings (SSSR count). The SMILES string of the molecule is Cc1cccc(OCC(=O)Nc2cc(N)ccc2Cl)c1C. The molecular weight excluding hydrogens is 288 g/mol. The van der Waals surface area contributed by atoms with Crippen molar-refractivity contribution in [3.05, 3.63) is 52.5 Å². The lowest BCUT2D eigenvalue weighted by molar-refractivity contribution is -0.118. The van der Waals surface area contributed by atoms with E-state index in [4.69, 9.17) is 22.1 Å². The molecule has 1 amide bonds. The summed E-state index contributed by atoms with van der Waals surface area (Å²) >= 11 is 5.99. The summed E-state index contributed by atoms with van der Waals surface area (Å²) in [5.41, 5.74) is 8.81. The molecule has 5 heteroatoms. The van der Waals surface area contributed by atoms with Crippen LogP contribution in [-0.2, 0) is 4.79 Å². The third-order valence-electron chi connectivity index (χ3n) is 3.18. The molecular formula is C16H17ClN2O2. The zero-order valence-corrected chi connectivity index (χ0v) is 12.7. The summed E-state index contributed by atoms with van der Waals surface area (Å²) in [5.74, 6) is 0.409. The normalized spacial score (nSPS) is 10.2. The number of halogens is 1. The van der Waals surface area contributed by atoms with Crippen LogP contribution < -0.4 is 15.8 Å². The maximum absolute atomic E-state index is 11.9. The van der Waals surface area contributed by atoms with Crippen molar-refractivity contribution in [2.75, 3.05) is 17.7 Å². The van der Waals surface area contributed by atoms with E-state index in [1.54, 1.807) is 18.2 Å². The van der Waals surface area contributed by atoms with Gasteiger partial charge in [0.25, 0.3) is 5.91 Å². The average Bonchev–Trinajstić information content (AvgIpc) is 2.44. The molecule has 0 aliphatic rings. The molecule has 0 fully saturated rings. The molecule has 110 valence electrons. The zero-order chi connectivity index (χ0) is 15.4. The number of nitrogen functional groups attached to an aromatic ring is 1. The monoisotopic (exact) mass is 304 g/mol. The predicted octanol–water partition coefficient (Wildman–Crippen LogP) is 3.56. The summed E-state index contributed by atoms with van der Waals surface area (Å²) in [6.07, 6.45) is 0. The first-order chi connectivity index (χ1) is 9.97.